The molecule has 0 amide bonds. The Bertz CT molecular complexity index is 1080. The maximum Gasteiger partial charge on any atom is 0.304 e. The molecule has 1 unspecified atom stereocenters. The molecule has 1 saturated heterocycles. The molecule has 2 aliphatic rings. The fourth-order valence-corrected chi connectivity index (χ4v) is 6.26. The van der Waals surface area contributed by atoms with E-state index < -0.39 is 15.8 Å². The van der Waals surface area contributed by atoms with Gasteiger partial charge in [-0.05, 0) is 31.0 Å². The first-order valence-electron chi connectivity index (χ1n) is 9.48. The number of aliphatic carboxylic acids is 1. The van der Waals surface area contributed by atoms with Gasteiger partial charge in [0.25, 0.3) is 0 Å². The number of carbonyl (C=O) groups is 1. The second-order valence-electron chi connectivity index (χ2n) is 7.37. The summed E-state index contributed by atoms with van der Waals surface area (Å²) in [6.07, 6.45) is 4.89. The Morgan fingerprint density at radius 2 is 2.03 bits per heavy atom. The second kappa shape index (κ2) is 7.84. The van der Waals surface area contributed by atoms with Gasteiger partial charge in [-0.15, -0.1) is 0 Å². The lowest BCUT2D eigenvalue weighted by Crippen LogP contribution is -2.39. The molecule has 2 aromatic rings. The topological polar surface area (TPSA) is 87.6 Å². The van der Waals surface area contributed by atoms with Gasteiger partial charge in [0, 0.05) is 52.4 Å². The van der Waals surface area contributed by atoms with E-state index in [0.29, 0.717) is 29.2 Å². The Balaban J connectivity index is 1.86. The van der Waals surface area contributed by atoms with Crippen molar-refractivity contribution in [1.29, 1.82) is 0 Å². The minimum absolute atomic E-state index is 0.0613. The third kappa shape index (κ3) is 4.04. The van der Waals surface area contributed by atoms with E-state index in [4.69, 9.17) is 0 Å². The molecule has 1 fully saturated rings. The summed E-state index contributed by atoms with van der Waals surface area (Å²) in [5.74, 6) is -0.281. The van der Waals surface area contributed by atoms with Crippen LogP contribution < -0.4 is 4.90 Å². The van der Waals surface area contributed by atoms with Crippen molar-refractivity contribution in [2.45, 2.75) is 35.5 Å². The van der Waals surface area contributed by atoms with Crippen molar-refractivity contribution in [3.05, 3.63) is 58.8 Å². The molecule has 3 heterocycles. The van der Waals surface area contributed by atoms with Gasteiger partial charge in [-0.2, -0.15) is 0 Å². The summed E-state index contributed by atoms with van der Waals surface area (Å²) in [7, 11) is -3.40. The first-order chi connectivity index (χ1) is 13.8. The minimum Gasteiger partial charge on any atom is -0.481 e. The number of benzene rings is 1. The van der Waals surface area contributed by atoms with E-state index in [9.17, 15) is 18.3 Å². The number of carboxylic acids is 1. The van der Waals surface area contributed by atoms with Gasteiger partial charge in [-0.25, -0.2) is 13.4 Å². The van der Waals surface area contributed by atoms with Crippen LogP contribution in [0.4, 0.5) is 5.82 Å². The van der Waals surface area contributed by atoms with Gasteiger partial charge in [0.05, 0.1) is 11.3 Å². The predicted octanol–water partition coefficient (Wildman–Crippen LogP) is 3.74. The number of thioether (sulfide) groups is 1. The van der Waals surface area contributed by atoms with Crippen LogP contribution in [0, 0.1) is 5.92 Å². The number of aromatic nitrogens is 1. The van der Waals surface area contributed by atoms with Crippen LogP contribution in [0.1, 0.15) is 24.8 Å². The highest BCUT2D eigenvalue weighted by Crippen LogP contribution is 2.47. The molecule has 2 aliphatic heterocycles. The monoisotopic (exact) mass is 430 g/mol. The Labute approximate surface area is 174 Å². The summed E-state index contributed by atoms with van der Waals surface area (Å²) in [5, 5.41) is 9.44. The van der Waals surface area contributed by atoms with E-state index in [2.05, 4.69) is 9.88 Å². The zero-order chi connectivity index (χ0) is 20.6. The van der Waals surface area contributed by atoms with Crippen LogP contribution in [0.5, 0.6) is 0 Å². The molecule has 0 bridgehead atoms. The van der Waals surface area contributed by atoms with Gasteiger partial charge in [-0.1, -0.05) is 30.0 Å². The fourth-order valence-electron chi connectivity index (χ4n) is 4.16. The first kappa shape index (κ1) is 20.0. The summed E-state index contributed by atoms with van der Waals surface area (Å²) >= 11 is 1.59. The number of hydrogen-bond acceptors (Lipinski definition) is 6. The molecule has 6 nitrogen and oxygen atoms in total. The Morgan fingerprint density at radius 1 is 1.28 bits per heavy atom. The number of pyridine rings is 1. The normalized spacial score (nSPS) is 18.9. The van der Waals surface area contributed by atoms with Crippen molar-refractivity contribution in [2.75, 3.05) is 17.7 Å². The number of hydrogen-bond donors (Lipinski definition) is 1. The number of sulfone groups is 1. The molecule has 1 aromatic carbocycles. The largest absolute Gasteiger partial charge is 0.481 e. The van der Waals surface area contributed by atoms with Crippen LogP contribution in [0.3, 0.4) is 0 Å². The fraction of sp³-hybridized carbons (Fsp3) is 0.333. The maximum atomic E-state index is 12.4. The molecule has 0 radical (unpaired) electrons. The van der Waals surface area contributed by atoms with Gasteiger partial charge in [-0.3, -0.25) is 4.79 Å². The molecule has 8 heteroatoms. The molecular formula is C21H22N2O4S2. The van der Waals surface area contributed by atoms with Gasteiger partial charge >= 0.3 is 5.97 Å². The van der Waals surface area contributed by atoms with E-state index in [-0.39, 0.29) is 12.3 Å². The van der Waals surface area contributed by atoms with E-state index in [1.54, 1.807) is 17.8 Å². The third-order valence-electron chi connectivity index (χ3n) is 5.29. The number of allylic oxidation sites excluding steroid dienone is 2. The van der Waals surface area contributed by atoms with E-state index in [1.165, 1.54) is 12.5 Å². The van der Waals surface area contributed by atoms with Crippen LogP contribution in [0.2, 0.25) is 0 Å². The number of rotatable bonds is 5. The van der Waals surface area contributed by atoms with Crippen molar-refractivity contribution in [1.82, 2.24) is 4.98 Å². The van der Waals surface area contributed by atoms with Gasteiger partial charge in [0.1, 0.15) is 5.82 Å². The van der Waals surface area contributed by atoms with Gasteiger partial charge in [0.15, 0.2) is 9.84 Å². The molecule has 4 rings (SSSR count). The number of anilines is 1. The Hall–Kier alpha value is -2.32. The summed E-state index contributed by atoms with van der Waals surface area (Å²) in [4.78, 5) is 20.4. The number of nitrogens with zero attached hydrogens (tertiary/aromatic N) is 2. The number of fused-ring (bicyclic) bond motifs is 3. The van der Waals surface area contributed by atoms with Crippen LogP contribution in [-0.2, 0) is 21.1 Å². The lowest BCUT2D eigenvalue weighted by molar-refractivity contribution is -0.137. The van der Waals surface area contributed by atoms with E-state index in [1.807, 2.05) is 30.3 Å². The molecule has 1 N–H and O–H groups in total. The second-order valence-corrected chi connectivity index (χ2v) is 10.5. The molecule has 1 atom stereocenters. The molecule has 0 spiro atoms. The lowest BCUT2D eigenvalue weighted by Gasteiger charge is -2.41. The number of piperidine rings is 1. The minimum atomic E-state index is -3.40. The summed E-state index contributed by atoms with van der Waals surface area (Å²) in [5.41, 5.74) is 1.69. The molecule has 152 valence electrons. The molecule has 29 heavy (non-hydrogen) atoms. The maximum absolute atomic E-state index is 12.4. The van der Waals surface area contributed by atoms with Crippen LogP contribution in [-0.4, -0.2) is 37.3 Å². The lowest BCUT2D eigenvalue weighted by atomic mass is 9.87. The van der Waals surface area contributed by atoms with Crippen LogP contribution in [0.15, 0.2) is 63.0 Å². The zero-order valence-corrected chi connectivity index (χ0v) is 17.7. The average Bonchev–Trinajstić information content (AvgIpc) is 2.67. The van der Waals surface area contributed by atoms with Crippen LogP contribution >= 0.6 is 11.8 Å². The highest BCUT2D eigenvalue weighted by molar-refractivity contribution is 8.03. The van der Waals surface area contributed by atoms with Gasteiger partial charge in [0.2, 0.25) is 0 Å². The van der Waals surface area contributed by atoms with Crippen molar-refractivity contribution in [3.8, 4) is 0 Å². The van der Waals surface area contributed by atoms with Crippen molar-refractivity contribution in [3.63, 3.8) is 0 Å². The summed E-state index contributed by atoms with van der Waals surface area (Å²) in [6, 6.07) is 11.4. The van der Waals surface area contributed by atoms with E-state index >= 15 is 0 Å². The molecule has 0 saturated carbocycles. The van der Waals surface area contributed by atoms with Gasteiger partial charge < -0.3 is 10.0 Å². The standard InChI is InChI=1S/C21H22N2O4S2/c1-29(26,27)18-9-10-22-21-16(18)13-17(28-15-7-3-2-4-8-15)20-14(12-19(24)25)6-5-11-23(20)21/h2-4,7-10,14H,5-6,11-13H2,1H3,(H,24,25). The number of carboxylic acid groups (broad SMARTS) is 1. The van der Waals surface area contributed by atoms with E-state index in [0.717, 1.165) is 28.3 Å². The predicted molar refractivity (Wildman–Crippen MR) is 113 cm³/mol. The highest BCUT2D eigenvalue weighted by atomic mass is 32.2. The average molecular weight is 431 g/mol. The third-order valence-corrected chi connectivity index (χ3v) is 7.57. The zero-order valence-electron chi connectivity index (χ0n) is 16.0. The molecule has 0 aliphatic carbocycles. The van der Waals surface area contributed by atoms with Crippen LogP contribution in [0.25, 0.3) is 0 Å². The quantitative estimate of drug-likeness (QED) is 0.773. The summed E-state index contributed by atoms with van der Waals surface area (Å²) < 4.78 is 24.8. The summed E-state index contributed by atoms with van der Waals surface area (Å²) in [6.45, 7) is 0.706. The van der Waals surface area contributed by atoms with Crippen molar-refractivity contribution in [2.24, 2.45) is 5.92 Å². The smallest absolute Gasteiger partial charge is 0.304 e. The first-order valence-corrected chi connectivity index (χ1v) is 12.2. The SMILES string of the molecule is CS(=O)(=O)c1ccnc2c1CC(Sc1ccccc1)=C1C(CC(=O)O)CCCN12. The van der Waals surface area contributed by atoms with Crippen molar-refractivity contribution >= 4 is 33.4 Å². The highest BCUT2D eigenvalue weighted by Gasteiger charge is 2.37. The molecule has 1 aromatic heterocycles. The Kier molecular flexibility index (Phi) is 5.40. The molecular weight excluding hydrogens is 408 g/mol. The Morgan fingerprint density at radius 3 is 2.72 bits per heavy atom. The van der Waals surface area contributed by atoms with Crippen molar-refractivity contribution < 1.29 is 18.3 Å².